The maximum Gasteiger partial charge on any atom is 0.264 e. The minimum atomic E-state index is -4.18. The molecule has 4 aromatic carbocycles. The van der Waals surface area contributed by atoms with Crippen LogP contribution < -0.4 is 9.62 Å². The summed E-state index contributed by atoms with van der Waals surface area (Å²) in [5, 5.41) is 3.00. The SMILES string of the molecule is CNC(=O)C(Cc1ccccc1)N(Cc1ccc(Br)cc1)C(=O)CN(c1cccc(Cl)c1)S(=O)(=O)c1ccc(C)cc1. The molecule has 42 heavy (non-hydrogen) atoms. The first kappa shape index (κ1) is 31.3. The highest BCUT2D eigenvalue weighted by molar-refractivity contribution is 9.10. The number of rotatable bonds is 11. The lowest BCUT2D eigenvalue weighted by molar-refractivity contribution is -0.139. The first-order valence-electron chi connectivity index (χ1n) is 13.2. The molecule has 0 radical (unpaired) electrons. The quantitative estimate of drug-likeness (QED) is 0.213. The van der Waals surface area contributed by atoms with Gasteiger partial charge in [-0.25, -0.2) is 8.42 Å². The molecule has 1 atom stereocenters. The minimum Gasteiger partial charge on any atom is -0.357 e. The van der Waals surface area contributed by atoms with Crippen LogP contribution >= 0.6 is 27.5 Å². The lowest BCUT2D eigenvalue weighted by Crippen LogP contribution is -2.53. The van der Waals surface area contributed by atoms with E-state index in [9.17, 15) is 18.0 Å². The van der Waals surface area contributed by atoms with E-state index in [2.05, 4.69) is 21.2 Å². The van der Waals surface area contributed by atoms with Crippen LogP contribution in [0.5, 0.6) is 0 Å². The lowest BCUT2D eigenvalue weighted by Gasteiger charge is -2.33. The molecule has 10 heteroatoms. The number of benzene rings is 4. The molecule has 4 rings (SSSR count). The van der Waals surface area contributed by atoms with Crippen molar-refractivity contribution in [3.05, 3.63) is 129 Å². The van der Waals surface area contributed by atoms with Crippen LogP contribution in [0.25, 0.3) is 0 Å². The maximum atomic E-state index is 14.3. The second-order valence-electron chi connectivity index (χ2n) is 9.77. The van der Waals surface area contributed by atoms with Gasteiger partial charge >= 0.3 is 0 Å². The van der Waals surface area contributed by atoms with Gasteiger partial charge < -0.3 is 10.2 Å². The highest BCUT2D eigenvalue weighted by atomic mass is 79.9. The van der Waals surface area contributed by atoms with Crippen molar-refractivity contribution in [3.8, 4) is 0 Å². The fourth-order valence-electron chi connectivity index (χ4n) is 4.50. The lowest BCUT2D eigenvalue weighted by atomic mass is 10.0. The van der Waals surface area contributed by atoms with Crippen molar-refractivity contribution in [3.63, 3.8) is 0 Å². The number of amides is 2. The summed E-state index contributed by atoms with van der Waals surface area (Å²) >= 11 is 9.68. The molecule has 0 saturated carbocycles. The van der Waals surface area contributed by atoms with Crippen LogP contribution in [0, 0.1) is 6.92 Å². The Morgan fingerprint density at radius 3 is 2.17 bits per heavy atom. The first-order chi connectivity index (χ1) is 20.1. The van der Waals surface area contributed by atoms with E-state index in [0.29, 0.717) is 5.02 Å². The molecule has 0 aromatic heterocycles. The van der Waals surface area contributed by atoms with Gasteiger partial charge in [-0.05, 0) is 60.5 Å². The fourth-order valence-corrected chi connectivity index (χ4v) is 6.36. The van der Waals surface area contributed by atoms with Gasteiger partial charge in [-0.1, -0.05) is 93.8 Å². The fraction of sp³-hybridized carbons (Fsp3) is 0.188. The van der Waals surface area contributed by atoms with Crippen molar-refractivity contribution in [2.45, 2.75) is 30.8 Å². The average molecular weight is 669 g/mol. The van der Waals surface area contributed by atoms with Crippen LogP contribution in [0.15, 0.2) is 112 Å². The van der Waals surface area contributed by atoms with E-state index >= 15 is 0 Å². The van der Waals surface area contributed by atoms with Crippen LogP contribution in [-0.4, -0.2) is 44.8 Å². The Morgan fingerprint density at radius 1 is 0.881 bits per heavy atom. The summed E-state index contributed by atoms with van der Waals surface area (Å²) in [6.45, 7) is 1.40. The molecule has 0 fully saturated rings. The molecule has 0 saturated heterocycles. The Hall–Kier alpha value is -3.66. The standard InChI is InChI=1S/C32H31BrClN3O4S/c1-23-11-17-29(18-12-23)42(40,41)37(28-10-6-9-27(34)20-28)22-31(38)36(21-25-13-15-26(33)16-14-25)30(32(39)35-2)19-24-7-4-3-5-8-24/h3-18,20,30H,19,21-22H2,1-2H3,(H,35,39). The van der Waals surface area contributed by atoms with Gasteiger partial charge in [0.1, 0.15) is 12.6 Å². The largest absolute Gasteiger partial charge is 0.357 e. The Bertz CT molecular complexity index is 1630. The molecular weight excluding hydrogens is 638 g/mol. The zero-order valence-electron chi connectivity index (χ0n) is 23.2. The number of hydrogen-bond donors (Lipinski definition) is 1. The summed E-state index contributed by atoms with van der Waals surface area (Å²) in [5.74, 6) is -0.905. The van der Waals surface area contributed by atoms with E-state index in [1.807, 2.05) is 61.5 Å². The smallest absolute Gasteiger partial charge is 0.264 e. The summed E-state index contributed by atoms with van der Waals surface area (Å²) in [6, 6.07) is 28.7. The van der Waals surface area contributed by atoms with Crippen molar-refractivity contribution in [2.24, 2.45) is 0 Å². The predicted molar refractivity (Wildman–Crippen MR) is 170 cm³/mol. The molecule has 1 N–H and O–H groups in total. The number of nitrogens with zero attached hydrogens (tertiary/aromatic N) is 2. The van der Waals surface area contributed by atoms with Crippen molar-refractivity contribution >= 4 is 55.1 Å². The molecule has 4 aromatic rings. The third-order valence-electron chi connectivity index (χ3n) is 6.77. The topological polar surface area (TPSA) is 86.8 Å². The van der Waals surface area contributed by atoms with E-state index in [1.54, 1.807) is 30.3 Å². The van der Waals surface area contributed by atoms with Crippen LogP contribution in [0.1, 0.15) is 16.7 Å². The number of nitrogens with one attached hydrogen (secondary N) is 1. The van der Waals surface area contributed by atoms with Gasteiger partial charge in [0.15, 0.2) is 0 Å². The molecule has 2 amide bonds. The number of sulfonamides is 1. The predicted octanol–water partition coefficient (Wildman–Crippen LogP) is 5.99. The molecule has 218 valence electrons. The number of carbonyl (C=O) groups is 2. The van der Waals surface area contributed by atoms with Gasteiger partial charge in [-0.2, -0.15) is 0 Å². The van der Waals surface area contributed by atoms with Crippen molar-refractivity contribution in [2.75, 3.05) is 17.9 Å². The average Bonchev–Trinajstić information content (AvgIpc) is 2.98. The zero-order valence-corrected chi connectivity index (χ0v) is 26.4. The van der Waals surface area contributed by atoms with Gasteiger partial charge in [0, 0.05) is 29.5 Å². The van der Waals surface area contributed by atoms with Crippen molar-refractivity contribution in [1.29, 1.82) is 0 Å². The normalized spacial score (nSPS) is 11.9. The number of anilines is 1. The van der Waals surface area contributed by atoms with Crippen LogP contribution in [0.4, 0.5) is 5.69 Å². The highest BCUT2D eigenvalue weighted by Gasteiger charge is 2.34. The molecule has 1 unspecified atom stereocenters. The van der Waals surface area contributed by atoms with E-state index in [-0.39, 0.29) is 29.5 Å². The molecule has 0 spiro atoms. The monoisotopic (exact) mass is 667 g/mol. The Balaban J connectivity index is 1.78. The van der Waals surface area contributed by atoms with E-state index < -0.39 is 28.5 Å². The zero-order chi connectivity index (χ0) is 30.3. The number of carbonyl (C=O) groups excluding carboxylic acids is 2. The highest BCUT2D eigenvalue weighted by Crippen LogP contribution is 2.27. The van der Waals surface area contributed by atoms with Gasteiger partial charge in [0.2, 0.25) is 11.8 Å². The van der Waals surface area contributed by atoms with Gasteiger partial charge in [-0.3, -0.25) is 13.9 Å². The number of halogens is 2. The first-order valence-corrected chi connectivity index (χ1v) is 15.8. The molecule has 0 aliphatic heterocycles. The van der Waals surface area contributed by atoms with E-state index in [1.165, 1.54) is 30.1 Å². The third-order valence-corrected chi connectivity index (χ3v) is 9.32. The molecule has 0 aliphatic rings. The van der Waals surface area contributed by atoms with Gasteiger partial charge in [0.05, 0.1) is 10.6 Å². The Kier molecular flexibility index (Phi) is 10.4. The number of aryl methyl sites for hydroxylation is 1. The Morgan fingerprint density at radius 2 is 1.55 bits per heavy atom. The summed E-state index contributed by atoms with van der Waals surface area (Å²) in [5.41, 5.74) is 2.77. The Labute approximate surface area is 260 Å². The van der Waals surface area contributed by atoms with E-state index in [4.69, 9.17) is 11.6 Å². The van der Waals surface area contributed by atoms with Crippen LogP contribution in [0.2, 0.25) is 5.02 Å². The maximum absolute atomic E-state index is 14.3. The third kappa shape index (κ3) is 7.79. The van der Waals surface area contributed by atoms with Crippen LogP contribution in [0.3, 0.4) is 0 Å². The minimum absolute atomic E-state index is 0.0347. The molecule has 7 nitrogen and oxygen atoms in total. The van der Waals surface area contributed by atoms with Crippen LogP contribution in [-0.2, 0) is 32.6 Å². The molecule has 0 bridgehead atoms. The number of likely N-dealkylation sites (N-methyl/N-ethyl adjacent to an activating group) is 1. The second-order valence-corrected chi connectivity index (χ2v) is 13.0. The summed E-state index contributed by atoms with van der Waals surface area (Å²) < 4.78 is 29.9. The van der Waals surface area contributed by atoms with Gasteiger partial charge in [-0.15, -0.1) is 0 Å². The van der Waals surface area contributed by atoms with Gasteiger partial charge in [0.25, 0.3) is 10.0 Å². The summed E-state index contributed by atoms with van der Waals surface area (Å²) in [6.07, 6.45) is 0.241. The molecule has 0 heterocycles. The molecule has 0 aliphatic carbocycles. The van der Waals surface area contributed by atoms with Crippen molar-refractivity contribution in [1.82, 2.24) is 10.2 Å². The van der Waals surface area contributed by atoms with Crippen molar-refractivity contribution < 1.29 is 18.0 Å². The second kappa shape index (κ2) is 14.0. The summed E-state index contributed by atoms with van der Waals surface area (Å²) in [7, 11) is -2.67. The number of hydrogen-bond acceptors (Lipinski definition) is 4. The molecular formula is C32H31BrClN3O4S. The van der Waals surface area contributed by atoms with E-state index in [0.717, 1.165) is 25.5 Å². The summed E-state index contributed by atoms with van der Waals surface area (Å²) in [4.78, 5) is 29.0.